The van der Waals surface area contributed by atoms with E-state index in [4.69, 9.17) is 0 Å². The molecule has 0 bridgehead atoms. The van der Waals surface area contributed by atoms with Crippen LogP contribution in [0.5, 0.6) is 0 Å². The lowest BCUT2D eigenvalue weighted by atomic mass is 9.98. The first-order valence-corrected chi connectivity index (χ1v) is 7.41. The maximum Gasteiger partial charge on any atom is 0.308 e. The smallest absolute Gasteiger partial charge is 0.308 e. The number of aliphatic carboxylic acids is 1. The Hall–Kier alpha value is -2.18. The fourth-order valence-electron chi connectivity index (χ4n) is 3.01. The first-order valence-electron chi connectivity index (χ1n) is 7.41. The Morgan fingerprint density at radius 3 is 2.95 bits per heavy atom. The van der Waals surface area contributed by atoms with Crippen molar-refractivity contribution in [3.05, 3.63) is 18.1 Å². The lowest BCUT2D eigenvalue weighted by molar-refractivity contribution is -0.141. The minimum atomic E-state index is -0.717. The number of fused-ring (bicyclic) bond motifs is 1. The topological polar surface area (TPSA) is 83.6 Å². The van der Waals surface area contributed by atoms with E-state index in [-0.39, 0.29) is 5.92 Å². The fourth-order valence-corrected chi connectivity index (χ4v) is 3.01. The number of nitrogens with zero attached hydrogens (tertiary/aromatic N) is 5. The standard InChI is InChI=1S/C14H17N5O2/c20-13(21)10-2-1-5-18(7-10)12-6-11(9-3-4-9)17-14-15-8-16-19(12)14/h6,8-10H,1-5,7H2,(H,20,21)/t10-/m0/s1. The van der Waals surface area contributed by atoms with E-state index < -0.39 is 5.97 Å². The zero-order valence-electron chi connectivity index (χ0n) is 11.6. The second-order valence-corrected chi connectivity index (χ2v) is 5.91. The van der Waals surface area contributed by atoms with Crippen molar-refractivity contribution in [2.45, 2.75) is 31.6 Å². The van der Waals surface area contributed by atoms with Gasteiger partial charge in [0.15, 0.2) is 0 Å². The molecule has 4 rings (SSSR count). The normalized spacial score (nSPS) is 22.7. The largest absolute Gasteiger partial charge is 0.481 e. The van der Waals surface area contributed by atoms with Gasteiger partial charge in [0.25, 0.3) is 5.78 Å². The van der Waals surface area contributed by atoms with E-state index in [0.717, 1.165) is 30.9 Å². The summed E-state index contributed by atoms with van der Waals surface area (Å²) in [5, 5.41) is 13.5. The van der Waals surface area contributed by atoms with E-state index in [1.807, 2.05) is 0 Å². The van der Waals surface area contributed by atoms with Gasteiger partial charge in [-0.1, -0.05) is 0 Å². The van der Waals surface area contributed by atoms with Crippen molar-refractivity contribution in [3.63, 3.8) is 0 Å². The van der Waals surface area contributed by atoms with E-state index in [9.17, 15) is 9.90 Å². The van der Waals surface area contributed by atoms with Crippen molar-refractivity contribution < 1.29 is 9.90 Å². The Morgan fingerprint density at radius 1 is 1.33 bits per heavy atom. The van der Waals surface area contributed by atoms with Crippen LogP contribution in [0.3, 0.4) is 0 Å². The Kier molecular flexibility index (Phi) is 2.80. The number of aromatic nitrogens is 4. The zero-order chi connectivity index (χ0) is 14.4. The number of anilines is 1. The molecular formula is C14H17N5O2. The molecule has 2 fully saturated rings. The summed E-state index contributed by atoms with van der Waals surface area (Å²) in [6, 6.07) is 2.06. The molecule has 0 amide bonds. The summed E-state index contributed by atoms with van der Waals surface area (Å²) in [6.45, 7) is 1.38. The average molecular weight is 287 g/mol. The van der Waals surface area contributed by atoms with Crippen LogP contribution in [0.2, 0.25) is 0 Å². The molecule has 1 saturated heterocycles. The molecule has 7 nitrogen and oxygen atoms in total. The molecule has 1 saturated carbocycles. The number of piperidine rings is 1. The van der Waals surface area contributed by atoms with Gasteiger partial charge in [-0.2, -0.15) is 14.6 Å². The number of carboxylic acid groups (broad SMARTS) is 1. The zero-order valence-corrected chi connectivity index (χ0v) is 11.6. The summed E-state index contributed by atoms with van der Waals surface area (Å²) >= 11 is 0. The van der Waals surface area contributed by atoms with Crippen LogP contribution in [0.4, 0.5) is 5.82 Å². The molecule has 0 radical (unpaired) electrons. The highest BCUT2D eigenvalue weighted by molar-refractivity contribution is 5.71. The maximum absolute atomic E-state index is 11.3. The van der Waals surface area contributed by atoms with Crippen LogP contribution in [0, 0.1) is 5.92 Å². The summed E-state index contributed by atoms with van der Waals surface area (Å²) in [4.78, 5) is 22.1. The molecule has 0 unspecified atom stereocenters. The van der Waals surface area contributed by atoms with E-state index >= 15 is 0 Å². The minimum absolute atomic E-state index is 0.310. The maximum atomic E-state index is 11.3. The SMILES string of the molecule is O=C(O)[C@H]1CCCN(c2cc(C3CC3)nc3ncnn23)C1. The van der Waals surface area contributed by atoms with Crippen LogP contribution in [0.15, 0.2) is 12.4 Å². The van der Waals surface area contributed by atoms with Gasteiger partial charge in [0.1, 0.15) is 12.1 Å². The Bertz CT molecular complexity index is 694. The van der Waals surface area contributed by atoms with Gasteiger partial charge in [0.2, 0.25) is 0 Å². The Balaban J connectivity index is 1.74. The van der Waals surface area contributed by atoms with E-state index in [2.05, 4.69) is 26.0 Å². The number of carbonyl (C=O) groups is 1. The summed E-state index contributed by atoms with van der Waals surface area (Å²) < 4.78 is 1.72. The fraction of sp³-hybridized carbons (Fsp3) is 0.571. The predicted octanol–water partition coefficient (Wildman–Crippen LogP) is 1.30. The Labute approximate surface area is 121 Å². The van der Waals surface area contributed by atoms with Gasteiger partial charge in [-0.05, 0) is 25.7 Å². The van der Waals surface area contributed by atoms with Crippen molar-refractivity contribution in [3.8, 4) is 0 Å². The summed E-state index contributed by atoms with van der Waals surface area (Å²) in [5.74, 6) is 1.03. The van der Waals surface area contributed by atoms with Crippen LogP contribution in [0.25, 0.3) is 5.78 Å². The van der Waals surface area contributed by atoms with Gasteiger partial charge in [0.05, 0.1) is 11.6 Å². The van der Waals surface area contributed by atoms with Crippen molar-refractivity contribution in [2.75, 3.05) is 18.0 Å². The van der Waals surface area contributed by atoms with Crippen LogP contribution >= 0.6 is 0 Å². The second-order valence-electron chi connectivity index (χ2n) is 5.91. The molecule has 21 heavy (non-hydrogen) atoms. The molecule has 2 aromatic heterocycles. The van der Waals surface area contributed by atoms with Gasteiger partial charge in [-0.15, -0.1) is 0 Å². The van der Waals surface area contributed by atoms with E-state index in [1.54, 1.807) is 4.52 Å². The molecule has 2 aromatic rings. The third-order valence-electron chi connectivity index (χ3n) is 4.34. The number of carboxylic acids is 1. The van der Waals surface area contributed by atoms with Crippen LogP contribution < -0.4 is 4.90 Å². The molecule has 1 N–H and O–H groups in total. The Morgan fingerprint density at radius 2 is 2.19 bits per heavy atom. The molecule has 3 heterocycles. The number of hydrogen-bond donors (Lipinski definition) is 1. The molecule has 1 aliphatic carbocycles. The van der Waals surface area contributed by atoms with Crippen molar-refractivity contribution >= 4 is 17.6 Å². The van der Waals surface area contributed by atoms with E-state index in [0.29, 0.717) is 18.2 Å². The van der Waals surface area contributed by atoms with Gasteiger partial charge in [-0.25, -0.2) is 4.98 Å². The molecule has 7 heteroatoms. The van der Waals surface area contributed by atoms with Crippen molar-refractivity contribution in [2.24, 2.45) is 5.92 Å². The number of rotatable bonds is 3. The molecule has 1 aliphatic heterocycles. The molecule has 0 aromatic carbocycles. The molecule has 110 valence electrons. The quantitative estimate of drug-likeness (QED) is 0.916. The van der Waals surface area contributed by atoms with Crippen LogP contribution in [-0.2, 0) is 4.79 Å². The second kappa shape index (κ2) is 4.68. The van der Waals surface area contributed by atoms with Gasteiger partial charge in [0, 0.05) is 25.1 Å². The third kappa shape index (κ3) is 2.22. The first-order chi connectivity index (χ1) is 10.2. The van der Waals surface area contributed by atoms with Crippen LogP contribution in [-0.4, -0.2) is 43.7 Å². The summed E-state index contributed by atoms with van der Waals surface area (Å²) in [6.07, 6.45) is 5.48. The van der Waals surface area contributed by atoms with Crippen molar-refractivity contribution in [1.82, 2.24) is 19.6 Å². The molecule has 2 aliphatic rings. The highest BCUT2D eigenvalue weighted by Gasteiger charge is 2.30. The first kappa shape index (κ1) is 12.6. The summed E-state index contributed by atoms with van der Waals surface area (Å²) in [7, 11) is 0. The molecule has 1 atom stereocenters. The lowest BCUT2D eigenvalue weighted by Crippen LogP contribution is -2.39. The van der Waals surface area contributed by atoms with Gasteiger partial charge in [-0.3, -0.25) is 4.79 Å². The van der Waals surface area contributed by atoms with Crippen molar-refractivity contribution in [1.29, 1.82) is 0 Å². The molecular weight excluding hydrogens is 270 g/mol. The highest BCUT2D eigenvalue weighted by atomic mass is 16.4. The third-order valence-corrected chi connectivity index (χ3v) is 4.34. The lowest BCUT2D eigenvalue weighted by Gasteiger charge is -2.32. The van der Waals surface area contributed by atoms with Gasteiger partial charge >= 0.3 is 5.97 Å². The summed E-state index contributed by atoms with van der Waals surface area (Å²) in [5.41, 5.74) is 1.06. The predicted molar refractivity (Wildman–Crippen MR) is 75.3 cm³/mol. The molecule has 0 spiro atoms. The monoisotopic (exact) mass is 287 g/mol. The average Bonchev–Trinajstić information content (AvgIpc) is 3.24. The van der Waals surface area contributed by atoms with E-state index in [1.165, 1.54) is 19.2 Å². The van der Waals surface area contributed by atoms with Gasteiger partial charge < -0.3 is 10.0 Å². The highest BCUT2D eigenvalue weighted by Crippen LogP contribution is 2.40. The number of hydrogen-bond acceptors (Lipinski definition) is 5. The van der Waals surface area contributed by atoms with Crippen LogP contribution in [0.1, 0.15) is 37.3 Å². The minimum Gasteiger partial charge on any atom is -0.481 e.